The summed E-state index contributed by atoms with van der Waals surface area (Å²) in [6, 6.07) is 0.0675. The van der Waals surface area contributed by atoms with E-state index in [1.807, 2.05) is 12.3 Å². The Morgan fingerprint density at radius 1 is 1.65 bits per heavy atom. The summed E-state index contributed by atoms with van der Waals surface area (Å²) in [6.45, 7) is 3.81. The van der Waals surface area contributed by atoms with Crippen LogP contribution in [0.3, 0.4) is 0 Å². The second-order valence-electron chi connectivity index (χ2n) is 3.94. The monoisotopic (exact) mass is 276 g/mol. The second kappa shape index (κ2) is 6.78. The number of aromatic nitrogens is 1. The number of thiazole rings is 1. The number of hydrogen-bond donors (Lipinski definition) is 3. The molecule has 96 valence electrons. The molecule has 0 bridgehead atoms. The maximum absolute atomic E-state index is 11.6. The topological polar surface area (TPSA) is 66.1 Å². The van der Waals surface area contributed by atoms with E-state index in [-0.39, 0.29) is 24.5 Å². The van der Waals surface area contributed by atoms with Gasteiger partial charge in [-0.3, -0.25) is 5.32 Å². The number of carbonyl (C=O) groups excluding carboxylic acids is 1. The molecule has 0 aliphatic carbocycles. The molecular formula is C10H17ClN4OS. The quantitative estimate of drug-likeness (QED) is 0.771. The zero-order chi connectivity index (χ0) is 11.4. The maximum Gasteiger partial charge on any atom is 0.321 e. The van der Waals surface area contributed by atoms with E-state index in [0.29, 0.717) is 5.13 Å². The van der Waals surface area contributed by atoms with Gasteiger partial charge in [-0.05, 0) is 26.3 Å². The van der Waals surface area contributed by atoms with Crippen LogP contribution in [0.2, 0.25) is 0 Å². The van der Waals surface area contributed by atoms with Crippen LogP contribution in [0.4, 0.5) is 9.93 Å². The van der Waals surface area contributed by atoms with Gasteiger partial charge in [-0.2, -0.15) is 0 Å². The first-order valence-corrected chi connectivity index (χ1v) is 6.32. The molecule has 2 rings (SSSR count). The van der Waals surface area contributed by atoms with Gasteiger partial charge in [-0.1, -0.05) is 0 Å². The molecule has 17 heavy (non-hydrogen) atoms. The molecule has 0 saturated carbocycles. The zero-order valence-corrected chi connectivity index (χ0v) is 11.3. The van der Waals surface area contributed by atoms with E-state index in [9.17, 15) is 4.79 Å². The Labute approximate surface area is 111 Å². The van der Waals surface area contributed by atoms with Crippen LogP contribution in [0.1, 0.15) is 18.5 Å². The molecule has 1 aromatic rings. The average Bonchev–Trinajstić information content (AvgIpc) is 2.65. The van der Waals surface area contributed by atoms with Crippen molar-refractivity contribution in [2.45, 2.75) is 25.8 Å². The number of aryl methyl sites for hydroxylation is 1. The summed E-state index contributed by atoms with van der Waals surface area (Å²) in [5.41, 5.74) is 0.930. The molecule has 1 fully saturated rings. The van der Waals surface area contributed by atoms with Crippen LogP contribution in [0, 0.1) is 6.92 Å². The predicted octanol–water partition coefficient (Wildman–Crippen LogP) is 1.75. The molecule has 2 amide bonds. The van der Waals surface area contributed by atoms with Crippen molar-refractivity contribution in [3.63, 3.8) is 0 Å². The van der Waals surface area contributed by atoms with Crippen molar-refractivity contribution in [1.82, 2.24) is 15.6 Å². The van der Waals surface area contributed by atoms with Crippen molar-refractivity contribution in [2.75, 3.05) is 18.4 Å². The van der Waals surface area contributed by atoms with Gasteiger partial charge in [0, 0.05) is 18.0 Å². The van der Waals surface area contributed by atoms with Gasteiger partial charge in [0.05, 0.1) is 5.69 Å². The lowest BCUT2D eigenvalue weighted by molar-refractivity contribution is 0.245. The smallest absolute Gasteiger partial charge is 0.321 e. The molecule has 1 aliphatic heterocycles. The van der Waals surface area contributed by atoms with Crippen LogP contribution < -0.4 is 16.0 Å². The Morgan fingerprint density at radius 3 is 3.06 bits per heavy atom. The molecule has 0 radical (unpaired) electrons. The fourth-order valence-electron chi connectivity index (χ4n) is 1.71. The average molecular weight is 277 g/mol. The van der Waals surface area contributed by atoms with Crippen LogP contribution in [0.15, 0.2) is 5.38 Å². The normalized spacial score (nSPS) is 19.2. The molecule has 0 aromatic carbocycles. The van der Waals surface area contributed by atoms with Gasteiger partial charge in [-0.15, -0.1) is 23.7 Å². The van der Waals surface area contributed by atoms with Crippen LogP contribution in [0.5, 0.6) is 0 Å². The molecule has 1 unspecified atom stereocenters. The molecule has 3 N–H and O–H groups in total. The van der Waals surface area contributed by atoms with Crippen molar-refractivity contribution in [3.8, 4) is 0 Å². The SMILES string of the molecule is Cc1csc(NC(=O)NC2CCCNC2)n1.Cl. The number of carbonyl (C=O) groups is 1. The second-order valence-corrected chi connectivity index (χ2v) is 4.79. The summed E-state index contributed by atoms with van der Waals surface area (Å²) in [4.78, 5) is 15.8. The first-order valence-electron chi connectivity index (χ1n) is 5.44. The first-order chi connectivity index (χ1) is 7.74. The van der Waals surface area contributed by atoms with Crippen LogP contribution in [-0.4, -0.2) is 30.1 Å². The highest BCUT2D eigenvalue weighted by atomic mass is 35.5. The van der Waals surface area contributed by atoms with Gasteiger partial charge in [0.25, 0.3) is 0 Å². The minimum atomic E-state index is -0.164. The van der Waals surface area contributed by atoms with E-state index in [2.05, 4.69) is 20.9 Å². The lowest BCUT2D eigenvalue weighted by Crippen LogP contribution is -2.47. The van der Waals surface area contributed by atoms with E-state index >= 15 is 0 Å². The molecule has 0 spiro atoms. The van der Waals surface area contributed by atoms with Gasteiger partial charge >= 0.3 is 6.03 Å². The molecule has 1 atom stereocenters. The highest BCUT2D eigenvalue weighted by Crippen LogP contribution is 2.14. The number of rotatable bonds is 2. The molecule has 1 aromatic heterocycles. The standard InChI is InChI=1S/C10H16N4OS.ClH/c1-7-6-16-10(12-7)14-9(15)13-8-3-2-4-11-5-8;/h6,8,11H,2-5H2,1H3,(H2,12,13,14,15);1H. The van der Waals surface area contributed by atoms with Crippen LogP contribution in [0.25, 0.3) is 0 Å². The van der Waals surface area contributed by atoms with Crippen molar-refractivity contribution in [3.05, 3.63) is 11.1 Å². The van der Waals surface area contributed by atoms with E-state index in [4.69, 9.17) is 0 Å². The Bertz CT molecular complexity index is 365. The number of nitrogens with one attached hydrogen (secondary N) is 3. The lowest BCUT2D eigenvalue weighted by Gasteiger charge is -2.23. The van der Waals surface area contributed by atoms with Gasteiger partial charge < -0.3 is 10.6 Å². The Morgan fingerprint density at radius 2 is 2.47 bits per heavy atom. The number of urea groups is 1. The number of nitrogens with zero attached hydrogens (tertiary/aromatic N) is 1. The van der Waals surface area contributed by atoms with Gasteiger partial charge in [0.2, 0.25) is 0 Å². The van der Waals surface area contributed by atoms with Crippen molar-refractivity contribution in [2.24, 2.45) is 0 Å². The molecule has 7 heteroatoms. The number of anilines is 1. The third-order valence-electron chi connectivity index (χ3n) is 2.47. The zero-order valence-electron chi connectivity index (χ0n) is 9.66. The van der Waals surface area contributed by atoms with Gasteiger partial charge in [0.15, 0.2) is 5.13 Å². The molecule has 2 heterocycles. The van der Waals surface area contributed by atoms with E-state index in [1.54, 1.807) is 0 Å². The van der Waals surface area contributed by atoms with E-state index in [1.165, 1.54) is 11.3 Å². The summed E-state index contributed by atoms with van der Waals surface area (Å²) in [6.07, 6.45) is 2.15. The number of halogens is 1. The fourth-order valence-corrected chi connectivity index (χ4v) is 2.39. The minimum absolute atomic E-state index is 0. The fraction of sp³-hybridized carbons (Fsp3) is 0.600. The third kappa shape index (κ3) is 4.49. The van der Waals surface area contributed by atoms with Crippen molar-refractivity contribution >= 4 is 34.9 Å². The highest BCUT2D eigenvalue weighted by Gasteiger charge is 2.15. The first kappa shape index (κ1) is 14.2. The minimum Gasteiger partial charge on any atom is -0.334 e. The van der Waals surface area contributed by atoms with Crippen molar-refractivity contribution < 1.29 is 4.79 Å². The summed E-state index contributed by atoms with van der Waals surface area (Å²) in [5.74, 6) is 0. The molecular weight excluding hydrogens is 260 g/mol. The highest BCUT2D eigenvalue weighted by molar-refractivity contribution is 7.13. The van der Waals surface area contributed by atoms with E-state index in [0.717, 1.165) is 31.6 Å². The number of hydrogen-bond acceptors (Lipinski definition) is 4. The molecule has 1 aliphatic rings. The van der Waals surface area contributed by atoms with Crippen molar-refractivity contribution in [1.29, 1.82) is 0 Å². The molecule has 1 saturated heterocycles. The molecule has 5 nitrogen and oxygen atoms in total. The Kier molecular flexibility index (Phi) is 5.67. The van der Waals surface area contributed by atoms with Crippen LogP contribution in [-0.2, 0) is 0 Å². The summed E-state index contributed by atoms with van der Waals surface area (Å²) in [7, 11) is 0. The summed E-state index contributed by atoms with van der Waals surface area (Å²) in [5, 5.41) is 11.5. The van der Waals surface area contributed by atoms with E-state index < -0.39 is 0 Å². The third-order valence-corrected chi connectivity index (χ3v) is 3.35. The number of amides is 2. The Hall–Kier alpha value is -0.850. The van der Waals surface area contributed by atoms with Crippen LogP contribution >= 0.6 is 23.7 Å². The maximum atomic E-state index is 11.6. The summed E-state index contributed by atoms with van der Waals surface area (Å²) >= 11 is 1.44. The Balaban J connectivity index is 0.00000144. The lowest BCUT2D eigenvalue weighted by atomic mass is 10.1. The largest absolute Gasteiger partial charge is 0.334 e. The van der Waals surface area contributed by atoms with Gasteiger partial charge in [0.1, 0.15) is 0 Å². The number of piperidine rings is 1. The predicted molar refractivity (Wildman–Crippen MR) is 72.1 cm³/mol. The summed E-state index contributed by atoms with van der Waals surface area (Å²) < 4.78 is 0. The van der Waals surface area contributed by atoms with Gasteiger partial charge in [-0.25, -0.2) is 9.78 Å².